The third kappa shape index (κ3) is 1.56. The van der Waals surface area contributed by atoms with Crippen LogP contribution in [-0.2, 0) is 10.2 Å². The molecule has 4 fully saturated rings. The maximum Gasteiger partial charge on any atom is 0.161 e. The maximum absolute atomic E-state index is 10.3. The van der Waals surface area contributed by atoms with Crippen molar-refractivity contribution in [3.05, 3.63) is 23.8 Å². The van der Waals surface area contributed by atoms with Crippen molar-refractivity contribution in [2.75, 3.05) is 7.11 Å². The molecule has 0 aromatic heterocycles. The van der Waals surface area contributed by atoms with Crippen molar-refractivity contribution >= 4 is 0 Å². The van der Waals surface area contributed by atoms with E-state index in [9.17, 15) is 10.2 Å². The molecule has 20 heavy (non-hydrogen) atoms. The molecule has 0 spiro atoms. The minimum Gasteiger partial charge on any atom is -0.504 e. The predicted molar refractivity (Wildman–Crippen MR) is 75.9 cm³/mol. The van der Waals surface area contributed by atoms with E-state index in [1.54, 1.807) is 6.07 Å². The zero-order valence-electron chi connectivity index (χ0n) is 11.9. The van der Waals surface area contributed by atoms with Crippen LogP contribution in [0.2, 0.25) is 0 Å². The summed E-state index contributed by atoms with van der Waals surface area (Å²) in [5.74, 6) is 1.50. The lowest BCUT2D eigenvalue weighted by Gasteiger charge is -2.61. The Morgan fingerprint density at radius 3 is 2.45 bits per heavy atom. The molecule has 1 aromatic carbocycles. The van der Waals surface area contributed by atoms with Gasteiger partial charge in [0.2, 0.25) is 0 Å². The molecule has 0 aliphatic heterocycles. The van der Waals surface area contributed by atoms with Crippen molar-refractivity contribution in [3.8, 4) is 11.5 Å². The summed E-state index contributed by atoms with van der Waals surface area (Å²) in [7, 11) is 1.84. The maximum atomic E-state index is 10.3. The largest absolute Gasteiger partial charge is 0.504 e. The van der Waals surface area contributed by atoms with Crippen molar-refractivity contribution in [2.24, 2.45) is 11.8 Å². The molecule has 4 bridgehead atoms. The molecule has 5 rings (SSSR count). The summed E-state index contributed by atoms with van der Waals surface area (Å²) < 4.78 is 5.92. The predicted octanol–water partition coefficient (Wildman–Crippen LogP) is 3.33. The Labute approximate surface area is 119 Å². The first-order valence-corrected chi connectivity index (χ1v) is 7.62. The van der Waals surface area contributed by atoms with Gasteiger partial charge in [0.1, 0.15) is 0 Å². The van der Waals surface area contributed by atoms with Gasteiger partial charge in [-0.1, -0.05) is 12.1 Å². The average molecular weight is 274 g/mol. The minimum atomic E-state index is 0.00197. The van der Waals surface area contributed by atoms with E-state index in [2.05, 4.69) is 0 Å². The molecule has 4 aliphatic rings. The highest BCUT2D eigenvalue weighted by Crippen LogP contribution is 2.64. The van der Waals surface area contributed by atoms with Crippen LogP contribution in [0.5, 0.6) is 11.5 Å². The van der Waals surface area contributed by atoms with Crippen molar-refractivity contribution in [2.45, 2.75) is 49.5 Å². The zero-order valence-corrected chi connectivity index (χ0v) is 11.9. The number of ether oxygens (including phenoxy) is 1. The van der Waals surface area contributed by atoms with Crippen LogP contribution in [0.15, 0.2) is 18.2 Å². The molecule has 3 heteroatoms. The standard InChI is InChI=1S/C17H22O3/c1-20-17-8-11-5-12(9-17)7-16(6-11,10-17)13-3-2-4-14(18)15(13)19/h2-4,11-12,18-19H,5-10H2,1H3. The van der Waals surface area contributed by atoms with E-state index in [0.29, 0.717) is 11.8 Å². The molecular weight excluding hydrogens is 252 g/mol. The summed E-state index contributed by atoms with van der Waals surface area (Å²) in [6.45, 7) is 0. The van der Waals surface area contributed by atoms with E-state index in [1.165, 1.54) is 19.3 Å². The molecular formula is C17H22O3. The number of phenols is 2. The van der Waals surface area contributed by atoms with Gasteiger partial charge in [-0.05, 0) is 56.4 Å². The highest BCUT2D eigenvalue weighted by atomic mass is 16.5. The first kappa shape index (κ1) is 12.5. The van der Waals surface area contributed by atoms with Gasteiger partial charge in [-0.2, -0.15) is 0 Å². The second-order valence-electron chi connectivity index (χ2n) is 7.30. The molecule has 3 nitrogen and oxygen atoms in total. The number of hydrogen-bond acceptors (Lipinski definition) is 3. The summed E-state index contributed by atoms with van der Waals surface area (Å²) in [4.78, 5) is 0. The van der Waals surface area contributed by atoms with Gasteiger partial charge in [-0.25, -0.2) is 0 Å². The number of hydrogen-bond donors (Lipinski definition) is 2. The highest BCUT2D eigenvalue weighted by Gasteiger charge is 2.59. The smallest absolute Gasteiger partial charge is 0.161 e. The Morgan fingerprint density at radius 2 is 1.80 bits per heavy atom. The van der Waals surface area contributed by atoms with Crippen molar-refractivity contribution in [3.63, 3.8) is 0 Å². The quantitative estimate of drug-likeness (QED) is 0.813. The molecule has 2 unspecified atom stereocenters. The Balaban J connectivity index is 1.82. The number of aromatic hydroxyl groups is 2. The van der Waals surface area contributed by atoms with E-state index < -0.39 is 0 Å². The van der Waals surface area contributed by atoms with Crippen molar-refractivity contribution in [1.82, 2.24) is 0 Å². The lowest BCUT2D eigenvalue weighted by Crippen LogP contribution is -2.58. The molecule has 0 radical (unpaired) electrons. The number of phenolic OH excluding ortho intramolecular Hbond substituents is 2. The first-order chi connectivity index (χ1) is 9.56. The molecule has 1 aromatic rings. The second-order valence-corrected chi connectivity index (χ2v) is 7.30. The fraction of sp³-hybridized carbons (Fsp3) is 0.647. The van der Waals surface area contributed by atoms with Gasteiger partial charge in [0.15, 0.2) is 11.5 Å². The van der Waals surface area contributed by atoms with Gasteiger partial charge >= 0.3 is 0 Å². The monoisotopic (exact) mass is 274 g/mol. The SMILES string of the molecule is COC12CC3CC(C1)CC(c1cccc(O)c1O)(C3)C2. The first-order valence-electron chi connectivity index (χ1n) is 7.62. The van der Waals surface area contributed by atoms with E-state index in [-0.39, 0.29) is 22.5 Å². The molecule has 0 heterocycles. The van der Waals surface area contributed by atoms with Crippen LogP contribution < -0.4 is 0 Å². The Bertz CT molecular complexity index is 537. The number of benzene rings is 1. The van der Waals surface area contributed by atoms with E-state index >= 15 is 0 Å². The van der Waals surface area contributed by atoms with Crippen LogP contribution in [0.1, 0.15) is 44.1 Å². The summed E-state index contributed by atoms with van der Waals surface area (Å²) in [6, 6.07) is 5.40. The summed E-state index contributed by atoms with van der Waals surface area (Å²) in [6.07, 6.45) is 6.90. The summed E-state index contributed by atoms with van der Waals surface area (Å²) in [5.41, 5.74) is 0.943. The van der Waals surface area contributed by atoms with Crippen LogP contribution in [0, 0.1) is 11.8 Å². The Kier molecular flexibility index (Phi) is 2.45. The number of rotatable bonds is 2. The van der Waals surface area contributed by atoms with Crippen LogP contribution in [0.3, 0.4) is 0 Å². The molecule has 4 saturated carbocycles. The zero-order chi connectivity index (χ0) is 14.0. The second kappa shape index (κ2) is 3.91. The molecule has 2 atom stereocenters. The fourth-order valence-electron chi connectivity index (χ4n) is 5.69. The lowest BCUT2D eigenvalue weighted by atomic mass is 9.46. The average Bonchev–Trinajstić information content (AvgIpc) is 2.40. The van der Waals surface area contributed by atoms with Crippen LogP contribution in [-0.4, -0.2) is 22.9 Å². The topological polar surface area (TPSA) is 49.7 Å². The summed E-state index contributed by atoms with van der Waals surface area (Å²) in [5, 5.41) is 20.2. The van der Waals surface area contributed by atoms with Gasteiger partial charge < -0.3 is 14.9 Å². The van der Waals surface area contributed by atoms with Crippen LogP contribution in [0.25, 0.3) is 0 Å². The third-order valence-electron chi connectivity index (χ3n) is 6.03. The molecule has 2 N–H and O–H groups in total. The summed E-state index contributed by atoms with van der Waals surface area (Å²) >= 11 is 0. The highest BCUT2D eigenvalue weighted by molar-refractivity contribution is 5.49. The molecule has 4 aliphatic carbocycles. The fourth-order valence-corrected chi connectivity index (χ4v) is 5.69. The minimum absolute atomic E-state index is 0.00197. The van der Waals surface area contributed by atoms with Gasteiger partial charge in [0.25, 0.3) is 0 Å². The van der Waals surface area contributed by atoms with Crippen molar-refractivity contribution < 1.29 is 14.9 Å². The molecule has 0 saturated heterocycles. The molecule has 0 amide bonds. The third-order valence-corrected chi connectivity index (χ3v) is 6.03. The van der Waals surface area contributed by atoms with E-state index in [0.717, 1.165) is 24.8 Å². The van der Waals surface area contributed by atoms with Gasteiger partial charge in [-0.15, -0.1) is 0 Å². The van der Waals surface area contributed by atoms with Gasteiger partial charge in [-0.3, -0.25) is 0 Å². The van der Waals surface area contributed by atoms with Crippen molar-refractivity contribution in [1.29, 1.82) is 0 Å². The lowest BCUT2D eigenvalue weighted by molar-refractivity contribution is -0.156. The number of methoxy groups -OCH3 is 1. The van der Waals surface area contributed by atoms with Gasteiger partial charge in [0.05, 0.1) is 5.60 Å². The van der Waals surface area contributed by atoms with Crippen LogP contribution in [0.4, 0.5) is 0 Å². The Hall–Kier alpha value is -1.22. The van der Waals surface area contributed by atoms with Gasteiger partial charge in [0, 0.05) is 18.1 Å². The normalized spacial score (nSPS) is 42.0. The number of para-hydroxylation sites is 1. The van der Waals surface area contributed by atoms with Crippen LogP contribution >= 0.6 is 0 Å². The molecule has 108 valence electrons. The Morgan fingerprint density at radius 1 is 1.10 bits per heavy atom. The van der Waals surface area contributed by atoms with E-state index in [1.807, 2.05) is 19.2 Å². The van der Waals surface area contributed by atoms with E-state index in [4.69, 9.17) is 4.74 Å².